The Morgan fingerprint density at radius 1 is 1.06 bits per heavy atom. The SMILES string of the molecule is c1ccc(OOCc2ccc3c(c2)NNC3)cc1. The van der Waals surface area contributed by atoms with Crippen molar-refractivity contribution in [3.8, 4) is 5.75 Å². The van der Waals surface area contributed by atoms with Crippen LogP contribution in [0.1, 0.15) is 11.1 Å². The number of nitrogens with one attached hydrogen (secondary N) is 2. The van der Waals surface area contributed by atoms with Crippen molar-refractivity contribution in [2.75, 3.05) is 5.43 Å². The normalized spacial score (nSPS) is 12.9. The van der Waals surface area contributed by atoms with Gasteiger partial charge < -0.3 is 10.3 Å². The lowest BCUT2D eigenvalue weighted by Gasteiger charge is -2.06. The molecule has 0 amide bonds. The van der Waals surface area contributed by atoms with Gasteiger partial charge in [0.1, 0.15) is 6.61 Å². The first-order valence-corrected chi connectivity index (χ1v) is 5.87. The number of hydrogen-bond acceptors (Lipinski definition) is 4. The standard InChI is InChI=1S/C14H14N2O2/c1-2-4-13(5-3-1)18-17-10-11-6-7-12-9-15-16-14(12)8-11/h1-8,15-16H,9-10H2. The third-order valence-electron chi connectivity index (χ3n) is 2.80. The van der Waals surface area contributed by atoms with E-state index in [2.05, 4.69) is 23.0 Å². The van der Waals surface area contributed by atoms with Crippen molar-refractivity contribution >= 4 is 5.69 Å². The van der Waals surface area contributed by atoms with E-state index in [0.717, 1.165) is 17.8 Å². The Bertz CT molecular complexity index is 529. The molecule has 4 nitrogen and oxygen atoms in total. The molecule has 3 rings (SSSR count). The number of para-hydroxylation sites is 1. The molecular weight excluding hydrogens is 228 g/mol. The summed E-state index contributed by atoms with van der Waals surface area (Å²) in [6.45, 7) is 1.28. The summed E-state index contributed by atoms with van der Waals surface area (Å²) in [5.74, 6) is 0.707. The predicted octanol–water partition coefficient (Wildman–Crippen LogP) is 2.63. The van der Waals surface area contributed by atoms with Crippen molar-refractivity contribution < 1.29 is 9.78 Å². The first-order chi connectivity index (χ1) is 8.92. The van der Waals surface area contributed by atoms with Gasteiger partial charge in [0.2, 0.25) is 0 Å². The highest BCUT2D eigenvalue weighted by atomic mass is 17.2. The van der Waals surface area contributed by atoms with E-state index in [1.54, 1.807) is 0 Å². The average molecular weight is 242 g/mol. The van der Waals surface area contributed by atoms with Crippen molar-refractivity contribution in [3.63, 3.8) is 0 Å². The topological polar surface area (TPSA) is 42.5 Å². The van der Waals surface area contributed by atoms with Crippen molar-refractivity contribution in [1.29, 1.82) is 0 Å². The molecule has 18 heavy (non-hydrogen) atoms. The Hall–Kier alpha value is -2.04. The lowest BCUT2D eigenvalue weighted by atomic mass is 10.1. The Kier molecular flexibility index (Phi) is 3.12. The zero-order valence-electron chi connectivity index (χ0n) is 9.85. The molecular formula is C14H14N2O2. The molecule has 1 aliphatic rings. The van der Waals surface area contributed by atoms with Crippen LogP contribution in [0, 0.1) is 0 Å². The number of rotatable bonds is 4. The summed E-state index contributed by atoms with van der Waals surface area (Å²) in [5.41, 5.74) is 9.62. The minimum Gasteiger partial charge on any atom is -0.337 e. The zero-order valence-corrected chi connectivity index (χ0v) is 9.85. The molecule has 0 saturated carbocycles. The summed E-state index contributed by atoms with van der Waals surface area (Å²) in [5, 5.41) is 0. The summed E-state index contributed by atoms with van der Waals surface area (Å²) in [7, 11) is 0. The molecule has 4 heteroatoms. The van der Waals surface area contributed by atoms with E-state index in [1.807, 2.05) is 36.4 Å². The van der Waals surface area contributed by atoms with Gasteiger partial charge in [0.15, 0.2) is 5.75 Å². The molecule has 0 atom stereocenters. The second-order valence-corrected chi connectivity index (χ2v) is 4.13. The van der Waals surface area contributed by atoms with E-state index in [4.69, 9.17) is 9.78 Å². The van der Waals surface area contributed by atoms with Crippen molar-refractivity contribution in [3.05, 3.63) is 59.7 Å². The van der Waals surface area contributed by atoms with Gasteiger partial charge in [-0.1, -0.05) is 30.3 Å². The van der Waals surface area contributed by atoms with E-state index in [0.29, 0.717) is 12.4 Å². The largest absolute Gasteiger partial charge is 0.337 e. The molecule has 2 aromatic rings. The van der Waals surface area contributed by atoms with Crippen molar-refractivity contribution in [2.24, 2.45) is 0 Å². The average Bonchev–Trinajstić information content (AvgIpc) is 2.87. The van der Waals surface area contributed by atoms with Gasteiger partial charge >= 0.3 is 0 Å². The monoisotopic (exact) mass is 242 g/mol. The fourth-order valence-electron chi connectivity index (χ4n) is 1.86. The molecule has 0 fully saturated rings. The molecule has 0 saturated heterocycles. The molecule has 92 valence electrons. The highest BCUT2D eigenvalue weighted by molar-refractivity contribution is 5.55. The summed E-state index contributed by atoms with van der Waals surface area (Å²) in [6, 6.07) is 15.6. The van der Waals surface area contributed by atoms with Gasteiger partial charge in [0.05, 0.1) is 5.69 Å². The Balaban J connectivity index is 1.57. The van der Waals surface area contributed by atoms with Crippen LogP contribution in [0.5, 0.6) is 5.75 Å². The highest BCUT2D eigenvalue weighted by Gasteiger charge is 2.09. The minimum absolute atomic E-state index is 0.420. The van der Waals surface area contributed by atoms with Crippen molar-refractivity contribution in [2.45, 2.75) is 13.2 Å². The maximum Gasteiger partial charge on any atom is 0.165 e. The van der Waals surface area contributed by atoms with Gasteiger partial charge in [-0.2, -0.15) is 4.89 Å². The number of anilines is 1. The maximum absolute atomic E-state index is 5.22. The van der Waals surface area contributed by atoms with Gasteiger partial charge in [-0.15, -0.1) is 0 Å². The number of hydrogen-bond donors (Lipinski definition) is 2. The number of benzene rings is 2. The van der Waals surface area contributed by atoms with E-state index < -0.39 is 0 Å². The Morgan fingerprint density at radius 3 is 2.83 bits per heavy atom. The van der Waals surface area contributed by atoms with Crippen LogP contribution in [0.15, 0.2) is 48.5 Å². The third-order valence-corrected chi connectivity index (χ3v) is 2.80. The first kappa shape index (κ1) is 11.1. The van der Waals surface area contributed by atoms with E-state index in [1.165, 1.54) is 5.56 Å². The molecule has 0 bridgehead atoms. The fraction of sp³-hybridized carbons (Fsp3) is 0.143. The van der Waals surface area contributed by atoms with Crippen LogP contribution < -0.4 is 15.7 Å². The molecule has 0 unspecified atom stereocenters. The lowest BCUT2D eigenvalue weighted by Crippen LogP contribution is -2.10. The summed E-state index contributed by atoms with van der Waals surface area (Å²) < 4.78 is 0. The van der Waals surface area contributed by atoms with E-state index in [9.17, 15) is 0 Å². The maximum atomic E-state index is 5.22. The second kappa shape index (κ2) is 5.08. The van der Waals surface area contributed by atoms with Gasteiger partial charge in [0, 0.05) is 6.54 Å². The number of fused-ring (bicyclic) bond motifs is 1. The Morgan fingerprint density at radius 2 is 1.94 bits per heavy atom. The van der Waals surface area contributed by atoms with Gasteiger partial charge in [0.25, 0.3) is 0 Å². The first-order valence-electron chi connectivity index (χ1n) is 5.87. The highest BCUT2D eigenvalue weighted by Crippen LogP contribution is 2.21. The van der Waals surface area contributed by atoms with Crippen LogP contribution in [0.25, 0.3) is 0 Å². The van der Waals surface area contributed by atoms with Crippen molar-refractivity contribution in [1.82, 2.24) is 5.43 Å². The molecule has 1 aliphatic heterocycles. The molecule has 2 aromatic carbocycles. The van der Waals surface area contributed by atoms with Gasteiger partial charge in [-0.25, -0.2) is 5.43 Å². The summed E-state index contributed by atoms with van der Waals surface area (Å²) >= 11 is 0. The zero-order chi connectivity index (χ0) is 12.2. The summed E-state index contributed by atoms with van der Waals surface area (Å²) in [6.07, 6.45) is 0. The van der Waals surface area contributed by atoms with Crippen LogP contribution >= 0.6 is 0 Å². The van der Waals surface area contributed by atoms with Crippen LogP contribution in [0.2, 0.25) is 0 Å². The lowest BCUT2D eigenvalue weighted by molar-refractivity contribution is -0.217. The molecule has 1 heterocycles. The summed E-state index contributed by atoms with van der Waals surface area (Å²) in [4.78, 5) is 10.4. The number of hydrazine groups is 1. The minimum atomic E-state index is 0.420. The fourth-order valence-corrected chi connectivity index (χ4v) is 1.86. The Labute approximate surface area is 105 Å². The smallest absolute Gasteiger partial charge is 0.165 e. The second-order valence-electron chi connectivity index (χ2n) is 4.13. The quantitative estimate of drug-likeness (QED) is 0.639. The molecule has 0 spiro atoms. The van der Waals surface area contributed by atoms with Crippen LogP contribution in [-0.4, -0.2) is 0 Å². The van der Waals surface area contributed by atoms with E-state index >= 15 is 0 Å². The van der Waals surface area contributed by atoms with E-state index in [-0.39, 0.29) is 0 Å². The van der Waals surface area contributed by atoms with Gasteiger partial charge in [-0.3, -0.25) is 0 Å². The van der Waals surface area contributed by atoms with Crippen LogP contribution in [0.3, 0.4) is 0 Å². The molecule has 2 N–H and O–H groups in total. The van der Waals surface area contributed by atoms with Crippen LogP contribution in [-0.2, 0) is 18.0 Å². The third kappa shape index (κ3) is 2.45. The molecule has 0 radical (unpaired) electrons. The predicted molar refractivity (Wildman–Crippen MR) is 68.8 cm³/mol. The van der Waals surface area contributed by atoms with Gasteiger partial charge in [-0.05, 0) is 29.3 Å². The van der Waals surface area contributed by atoms with Crippen LogP contribution in [0.4, 0.5) is 5.69 Å². The molecule has 0 aliphatic carbocycles. The molecule has 0 aromatic heterocycles.